The summed E-state index contributed by atoms with van der Waals surface area (Å²) in [6, 6.07) is 7.36. The van der Waals surface area contributed by atoms with Gasteiger partial charge < -0.3 is 14.7 Å². The number of hydrogen-bond acceptors (Lipinski definition) is 3. The summed E-state index contributed by atoms with van der Waals surface area (Å²) in [5, 5.41) is 8.69. The quantitative estimate of drug-likeness (QED) is 0.864. The van der Waals surface area contributed by atoms with Gasteiger partial charge in [-0.1, -0.05) is 31.4 Å². The number of benzene rings is 1. The number of aryl methyl sites for hydroxylation is 1. The lowest BCUT2D eigenvalue weighted by atomic mass is 9.94. The van der Waals surface area contributed by atoms with Crippen LogP contribution in [0.15, 0.2) is 24.3 Å². The van der Waals surface area contributed by atoms with E-state index < -0.39 is 5.97 Å². The third-order valence-corrected chi connectivity index (χ3v) is 4.35. The van der Waals surface area contributed by atoms with Crippen molar-refractivity contribution < 1.29 is 19.4 Å². The number of rotatable bonds is 6. The molecule has 0 aromatic heterocycles. The van der Waals surface area contributed by atoms with E-state index in [1.165, 1.54) is 19.3 Å². The van der Waals surface area contributed by atoms with Crippen molar-refractivity contribution >= 4 is 12.1 Å². The molecule has 0 atom stereocenters. The maximum absolute atomic E-state index is 12.4. The third kappa shape index (κ3) is 5.27. The maximum atomic E-state index is 12.4. The number of aliphatic carboxylic acids is 1. The highest BCUT2D eigenvalue weighted by atomic mass is 16.6. The van der Waals surface area contributed by atoms with Crippen molar-refractivity contribution in [3.8, 4) is 5.75 Å². The first-order valence-corrected chi connectivity index (χ1v) is 8.39. The van der Waals surface area contributed by atoms with E-state index in [0.717, 1.165) is 18.4 Å². The zero-order chi connectivity index (χ0) is 16.7. The predicted octanol–water partition coefficient (Wildman–Crippen LogP) is 3.86. The minimum atomic E-state index is -0.813. The van der Waals surface area contributed by atoms with Crippen molar-refractivity contribution in [3.63, 3.8) is 0 Å². The lowest BCUT2D eigenvalue weighted by molar-refractivity contribution is -0.136. The van der Waals surface area contributed by atoms with E-state index >= 15 is 0 Å². The molecular weight excluding hydrogens is 294 g/mol. The molecule has 0 heterocycles. The van der Waals surface area contributed by atoms with Crippen LogP contribution in [0.5, 0.6) is 5.75 Å². The molecule has 0 saturated heterocycles. The van der Waals surface area contributed by atoms with Gasteiger partial charge in [-0.3, -0.25) is 4.79 Å². The fourth-order valence-electron chi connectivity index (χ4n) is 3.06. The van der Waals surface area contributed by atoms with Crippen molar-refractivity contribution in [2.75, 3.05) is 6.54 Å². The van der Waals surface area contributed by atoms with Crippen molar-refractivity contribution in [3.05, 3.63) is 29.8 Å². The predicted molar refractivity (Wildman–Crippen MR) is 87.7 cm³/mol. The van der Waals surface area contributed by atoms with Crippen molar-refractivity contribution in [1.29, 1.82) is 0 Å². The second kappa shape index (κ2) is 8.56. The van der Waals surface area contributed by atoms with E-state index in [1.54, 1.807) is 12.1 Å². The van der Waals surface area contributed by atoms with E-state index in [2.05, 4.69) is 0 Å². The monoisotopic (exact) mass is 319 g/mol. The molecule has 1 aliphatic carbocycles. The van der Waals surface area contributed by atoms with E-state index in [4.69, 9.17) is 9.84 Å². The second-order valence-electron chi connectivity index (χ2n) is 5.98. The zero-order valence-electron chi connectivity index (χ0n) is 13.7. The Bertz CT molecular complexity index is 520. The molecule has 1 aromatic rings. The maximum Gasteiger partial charge on any atom is 0.415 e. The Morgan fingerprint density at radius 2 is 1.83 bits per heavy atom. The van der Waals surface area contributed by atoms with Gasteiger partial charge in [0.05, 0.1) is 0 Å². The number of carboxylic acid groups (broad SMARTS) is 1. The molecule has 23 heavy (non-hydrogen) atoms. The summed E-state index contributed by atoms with van der Waals surface area (Å²) in [4.78, 5) is 24.8. The van der Waals surface area contributed by atoms with Crippen LogP contribution in [0.1, 0.15) is 51.0 Å². The smallest absolute Gasteiger partial charge is 0.415 e. The molecule has 1 aliphatic rings. The second-order valence-corrected chi connectivity index (χ2v) is 5.98. The molecule has 126 valence electrons. The van der Waals surface area contributed by atoms with Crippen molar-refractivity contribution in [2.45, 2.75) is 57.9 Å². The summed E-state index contributed by atoms with van der Waals surface area (Å²) in [6.45, 7) is 2.63. The molecular formula is C18H25NO4. The van der Waals surface area contributed by atoms with Gasteiger partial charge in [0.1, 0.15) is 5.75 Å². The standard InChI is InChI=1S/C18H25NO4/c1-2-19(15-6-4-3-5-7-15)18(22)23-16-11-8-14(9-12-16)10-13-17(20)21/h8-9,11-12,15H,2-7,10,13H2,1H3,(H,20,21). The average molecular weight is 319 g/mol. The van der Waals surface area contributed by atoms with Crippen LogP contribution in [-0.4, -0.2) is 34.7 Å². The minimum Gasteiger partial charge on any atom is -0.481 e. The van der Waals surface area contributed by atoms with Gasteiger partial charge in [-0.15, -0.1) is 0 Å². The topological polar surface area (TPSA) is 66.8 Å². The number of hydrogen-bond donors (Lipinski definition) is 1. The van der Waals surface area contributed by atoms with Gasteiger partial charge >= 0.3 is 12.1 Å². The summed E-state index contributed by atoms with van der Waals surface area (Å²) < 4.78 is 5.47. The van der Waals surface area contributed by atoms with Crippen LogP contribution >= 0.6 is 0 Å². The van der Waals surface area contributed by atoms with Crippen LogP contribution in [0.2, 0.25) is 0 Å². The van der Waals surface area contributed by atoms with Crippen LogP contribution in [0.4, 0.5) is 4.79 Å². The number of ether oxygens (including phenoxy) is 1. The highest BCUT2D eigenvalue weighted by Gasteiger charge is 2.25. The number of nitrogens with zero attached hydrogens (tertiary/aromatic N) is 1. The molecule has 0 aliphatic heterocycles. The van der Waals surface area contributed by atoms with Gasteiger partial charge in [-0.25, -0.2) is 4.79 Å². The zero-order valence-corrected chi connectivity index (χ0v) is 13.7. The first-order chi connectivity index (χ1) is 11.1. The summed E-state index contributed by atoms with van der Waals surface area (Å²) in [5.74, 6) is -0.310. The molecule has 1 saturated carbocycles. The number of carboxylic acids is 1. The van der Waals surface area contributed by atoms with Crippen LogP contribution < -0.4 is 4.74 Å². The first kappa shape index (κ1) is 17.3. The number of carbonyl (C=O) groups is 2. The van der Waals surface area contributed by atoms with E-state index in [-0.39, 0.29) is 18.6 Å². The van der Waals surface area contributed by atoms with E-state index in [1.807, 2.05) is 24.0 Å². The van der Waals surface area contributed by atoms with Gasteiger partial charge in [0.2, 0.25) is 0 Å². The fourth-order valence-corrected chi connectivity index (χ4v) is 3.06. The molecule has 0 bridgehead atoms. The fraction of sp³-hybridized carbons (Fsp3) is 0.556. The summed E-state index contributed by atoms with van der Waals surface area (Å²) in [6.07, 6.45) is 5.99. The van der Waals surface area contributed by atoms with Crippen LogP contribution in [0.3, 0.4) is 0 Å². The average Bonchev–Trinajstić information content (AvgIpc) is 2.56. The normalized spacial score (nSPS) is 15.2. The summed E-state index contributed by atoms with van der Waals surface area (Å²) in [5.41, 5.74) is 0.923. The molecule has 2 rings (SSSR count). The van der Waals surface area contributed by atoms with Crippen LogP contribution in [0, 0.1) is 0 Å². The first-order valence-electron chi connectivity index (χ1n) is 8.39. The molecule has 1 fully saturated rings. The SMILES string of the molecule is CCN(C(=O)Oc1ccc(CCC(=O)O)cc1)C1CCCCC1. The number of amides is 1. The van der Waals surface area contributed by atoms with E-state index in [0.29, 0.717) is 18.7 Å². The Morgan fingerprint density at radius 1 is 1.17 bits per heavy atom. The largest absolute Gasteiger partial charge is 0.481 e. The van der Waals surface area contributed by atoms with Crippen LogP contribution in [0.25, 0.3) is 0 Å². The summed E-state index contributed by atoms with van der Waals surface area (Å²) >= 11 is 0. The Balaban J connectivity index is 1.91. The van der Waals surface area contributed by atoms with Crippen molar-refractivity contribution in [1.82, 2.24) is 4.90 Å². The van der Waals surface area contributed by atoms with Gasteiger partial charge in [0.25, 0.3) is 0 Å². The Kier molecular flexibility index (Phi) is 6.44. The molecule has 0 unspecified atom stereocenters. The molecule has 1 N–H and O–H groups in total. The third-order valence-electron chi connectivity index (χ3n) is 4.35. The van der Waals surface area contributed by atoms with E-state index in [9.17, 15) is 9.59 Å². The van der Waals surface area contributed by atoms with Gasteiger partial charge in [0.15, 0.2) is 0 Å². The van der Waals surface area contributed by atoms with Crippen molar-refractivity contribution in [2.24, 2.45) is 0 Å². The summed E-state index contributed by atoms with van der Waals surface area (Å²) in [7, 11) is 0. The molecule has 5 heteroatoms. The molecule has 1 aromatic carbocycles. The molecule has 5 nitrogen and oxygen atoms in total. The highest BCUT2D eigenvalue weighted by Crippen LogP contribution is 2.23. The minimum absolute atomic E-state index is 0.102. The molecule has 1 amide bonds. The lowest BCUT2D eigenvalue weighted by Gasteiger charge is -2.32. The van der Waals surface area contributed by atoms with Gasteiger partial charge in [-0.2, -0.15) is 0 Å². The number of carbonyl (C=O) groups excluding carboxylic acids is 1. The van der Waals surface area contributed by atoms with Crippen LogP contribution in [-0.2, 0) is 11.2 Å². The highest BCUT2D eigenvalue weighted by molar-refractivity contribution is 5.71. The van der Waals surface area contributed by atoms with Gasteiger partial charge in [0, 0.05) is 19.0 Å². The lowest BCUT2D eigenvalue weighted by Crippen LogP contribution is -2.42. The Labute approximate surface area is 137 Å². The van der Waals surface area contributed by atoms with Gasteiger partial charge in [-0.05, 0) is 43.9 Å². The Hall–Kier alpha value is -2.04. The Morgan fingerprint density at radius 3 is 2.39 bits per heavy atom. The molecule has 0 radical (unpaired) electrons. The molecule has 0 spiro atoms.